The maximum atomic E-state index is 14.1. The smallest absolute Gasteiger partial charge is 0.258 e. The molecule has 0 saturated carbocycles. The van der Waals surface area contributed by atoms with Crippen LogP contribution in [0.15, 0.2) is 60.8 Å². The van der Waals surface area contributed by atoms with Crippen molar-refractivity contribution in [2.45, 2.75) is 12.7 Å². The first kappa shape index (κ1) is 17.1. The summed E-state index contributed by atoms with van der Waals surface area (Å²) in [7, 11) is 0. The number of carbonyl (C=O) groups is 1. The predicted octanol–water partition coefficient (Wildman–Crippen LogP) is 4.27. The highest BCUT2D eigenvalue weighted by Gasteiger charge is 2.38. The molecule has 4 nitrogen and oxygen atoms in total. The molecule has 1 atom stereocenters. The summed E-state index contributed by atoms with van der Waals surface area (Å²) in [6.45, 7) is 0.157. The Morgan fingerprint density at radius 2 is 1.74 bits per heavy atom. The topological polar surface area (TPSA) is 45.2 Å². The number of pyridine rings is 1. The lowest BCUT2D eigenvalue weighted by Gasteiger charge is -2.26. The number of benzene rings is 2. The lowest BCUT2D eigenvalue weighted by atomic mass is 10.2. The molecule has 7 heteroatoms. The lowest BCUT2D eigenvalue weighted by molar-refractivity contribution is 0.0727. The van der Waals surface area contributed by atoms with Crippen molar-refractivity contribution in [2.24, 2.45) is 0 Å². The van der Waals surface area contributed by atoms with E-state index in [-0.39, 0.29) is 24.0 Å². The van der Waals surface area contributed by atoms with Crippen LogP contribution in [0.25, 0.3) is 0 Å². The molecule has 4 rings (SSSR count). The number of nitrogens with zero attached hydrogens (tertiary/aromatic N) is 2. The zero-order chi connectivity index (χ0) is 19.0. The molecule has 1 amide bonds. The summed E-state index contributed by atoms with van der Waals surface area (Å²) in [5.41, 5.74) is 1.43. The molecule has 0 radical (unpaired) electrons. The summed E-state index contributed by atoms with van der Waals surface area (Å²) in [5.74, 6) is -1.92. The predicted molar refractivity (Wildman–Crippen MR) is 93.2 cm³/mol. The van der Waals surface area contributed by atoms with E-state index >= 15 is 0 Å². The molecule has 0 aliphatic carbocycles. The molecule has 0 bridgehead atoms. The van der Waals surface area contributed by atoms with Crippen LogP contribution >= 0.6 is 0 Å². The SMILES string of the molecule is O=C1c2cccnc2[C@@H](Nc2cc(F)ccc2F)N1Cc1ccc(F)cc1. The fourth-order valence-electron chi connectivity index (χ4n) is 3.09. The van der Waals surface area contributed by atoms with E-state index in [1.54, 1.807) is 24.3 Å². The normalized spacial score (nSPS) is 15.7. The van der Waals surface area contributed by atoms with Crippen LogP contribution in [0.2, 0.25) is 0 Å². The van der Waals surface area contributed by atoms with Crippen LogP contribution in [-0.2, 0) is 6.54 Å². The second-order valence-electron chi connectivity index (χ2n) is 6.17. The number of nitrogens with one attached hydrogen (secondary N) is 1. The minimum Gasteiger partial charge on any atom is -0.358 e. The Hall–Kier alpha value is -3.35. The van der Waals surface area contributed by atoms with E-state index in [1.165, 1.54) is 23.2 Å². The minimum atomic E-state index is -0.782. The number of anilines is 1. The quantitative estimate of drug-likeness (QED) is 0.747. The number of halogens is 3. The molecule has 136 valence electrons. The third-order valence-electron chi connectivity index (χ3n) is 4.39. The first-order chi connectivity index (χ1) is 13.0. The van der Waals surface area contributed by atoms with Crippen LogP contribution in [0.3, 0.4) is 0 Å². The fourth-order valence-corrected chi connectivity index (χ4v) is 3.09. The van der Waals surface area contributed by atoms with Gasteiger partial charge >= 0.3 is 0 Å². The number of fused-ring (bicyclic) bond motifs is 1. The molecule has 0 saturated heterocycles. The number of amides is 1. The first-order valence-corrected chi connectivity index (χ1v) is 8.25. The summed E-state index contributed by atoms with van der Waals surface area (Å²) >= 11 is 0. The maximum Gasteiger partial charge on any atom is 0.258 e. The van der Waals surface area contributed by atoms with Crippen LogP contribution in [-0.4, -0.2) is 15.8 Å². The van der Waals surface area contributed by atoms with Gasteiger partial charge in [-0.25, -0.2) is 13.2 Å². The molecule has 27 heavy (non-hydrogen) atoms. The van der Waals surface area contributed by atoms with Gasteiger partial charge in [0.15, 0.2) is 0 Å². The van der Waals surface area contributed by atoms with E-state index in [0.717, 1.165) is 18.2 Å². The van der Waals surface area contributed by atoms with Gasteiger partial charge in [-0.2, -0.15) is 0 Å². The number of hydrogen-bond acceptors (Lipinski definition) is 3. The van der Waals surface area contributed by atoms with Gasteiger partial charge in [-0.1, -0.05) is 12.1 Å². The van der Waals surface area contributed by atoms with Crippen molar-refractivity contribution in [3.63, 3.8) is 0 Å². The van der Waals surface area contributed by atoms with Crippen molar-refractivity contribution in [1.82, 2.24) is 9.88 Å². The molecular formula is C20H14F3N3O. The van der Waals surface area contributed by atoms with Crippen LogP contribution in [0.1, 0.15) is 27.8 Å². The molecular weight excluding hydrogens is 355 g/mol. The highest BCUT2D eigenvalue weighted by Crippen LogP contribution is 2.34. The van der Waals surface area contributed by atoms with Gasteiger partial charge in [-0.15, -0.1) is 0 Å². The Kier molecular flexibility index (Phi) is 4.27. The van der Waals surface area contributed by atoms with Crippen molar-refractivity contribution in [2.75, 3.05) is 5.32 Å². The molecule has 1 N–H and O–H groups in total. The average Bonchev–Trinajstić information content (AvgIpc) is 2.92. The molecule has 2 heterocycles. The van der Waals surface area contributed by atoms with E-state index in [4.69, 9.17) is 0 Å². The van der Waals surface area contributed by atoms with Gasteiger partial charge in [0, 0.05) is 18.8 Å². The second kappa shape index (κ2) is 6.75. The van der Waals surface area contributed by atoms with Crippen molar-refractivity contribution in [3.05, 3.63) is 95.1 Å². The van der Waals surface area contributed by atoms with Crippen molar-refractivity contribution >= 4 is 11.6 Å². The van der Waals surface area contributed by atoms with Crippen molar-refractivity contribution in [3.8, 4) is 0 Å². The maximum absolute atomic E-state index is 14.1. The standard InChI is InChI=1S/C20H14F3N3O/c21-13-5-3-12(4-6-13)11-26-19(18-15(20(26)27)2-1-9-24-18)25-17-10-14(22)7-8-16(17)23/h1-10,19,25H,11H2/t19-/m0/s1. The fraction of sp³-hybridized carbons (Fsp3) is 0.100. The van der Waals surface area contributed by atoms with Gasteiger partial charge < -0.3 is 10.2 Å². The van der Waals surface area contributed by atoms with E-state index in [9.17, 15) is 18.0 Å². The summed E-state index contributed by atoms with van der Waals surface area (Å²) < 4.78 is 40.8. The minimum absolute atomic E-state index is 0.0737. The second-order valence-corrected chi connectivity index (χ2v) is 6.17. The summed E-state index contributed by atoms with van der Waals surface area (Å²) in [5, 5.41) is 2.87. The van der Waals surface area contributed by atoms with Crippen LogP contribution in [0.4, 0.5) is 18.9 Å². The average molecular weight is 369 g/mol. The monoisotopic (exact) mass is 369 g/mol. The van der Waals surface area contributed by atoms with Crippen LogP contribution in [0, 0.1) is 17.5 Å². The third-order valence-corrected chi connectivity index (χ3v) is 4.39. The Bertz CT molecular complexity index is 1010. The van der Waals surface area contributed by atoms with Gasteiger partial charge in [0.25, 0.3) is 5.91 Å². The molecule has 1 aromatic heterocycles. The number of rotatable bonds is 4. The Morgan fingerprint density at radius 3 is 2.52 bits per heavy atom. The van der Waals surface area contributed by atoms with E-state index in [2.05, 4.69) is 10.3 Å². The van der Waals surface area contributed by atoms with Gasteiger partial charge in [0.05, 0.1) is 16.9 Å². The van der Waals surface area contributed by atoms with Crippen LogP contribution < -0.4 is 5.32 Å². The van der Waals surface area contributed by atoms with Crippen molar-refractivity contribution < 1.29 is 18.0 Å². The summed E-state index contributed by atoms with van der Waals surface area (Å²) in [4.78, 5) is 18.5. The summed E-state index contributed by atoms with van der Waals surface area (Å²) in [6, 6.07) is 12.1. The lowest BCUT2D eigenvalue weighted by Crippen LogP contribution is -2.32. The molecule has 1 aliphatic heterocycles. The van der Waals surface area contributed by atoms with E-state index in [0.29, 0.717) is 16.8 Å². The number of carbonyl (C=O) groups excluding carboxylic acids is 1. The van der Waals surface area contributed by atoms with Gasteiger partial charge in [0.1, 0.15) is 23.6 Å². The van der Waals surface area contributed by atoms with E-state index in [1.807, 2.05) is 0 Å². The molecule has 2 aromatic carbocycles. The van der Waals surface area contributed by atoms with Crippen LogP contribution in [0.5, 0.6) is 0 Å². The molecule has 0 unspecified atom stereocenters. The van der Waals surface area contributed by atoms with Gasteiger partial charge in [0.2, 0.25) is 0 Å². The molecule has 3 aromatic rings. The Labute approximate surface area is 153 Å². The van der Waals surface area contributed by atoms with Gasteiger partial charge in [-0.3, -0.25) is 9.78 Å². The molecule has 0 fully saturated rings. The number of aromatic nitrogens is 1. The summed E-state index contributed by atoms with van der Waals surface area (Å²) in [6.07, 6.45) is 0.750. The zero-order valence-corrected chi connectivity index (χ0v) is 14.0. The molecule has 1 aliphatic rings. The Balaban J connectivity index is 1.71. The van der Waals surface area contributed by atoms with E-state index < -0.39 is 17.8 Å². The molecule has 0 spiro atoms. The van der Waals surface area contributed by atoms with Crippen molar-refractivity contribution in [1.29, 1.82) is 0 Å². The Morgan fingerprint density at radius 1 is 1.00 bits per heavy atom. The third kappa shape index (κ3) is 3.23. The first-order valence-electron chi connectivity index (χ1n) is 8.25. The van der Waals surface area contributed by atoms with Gasteiger partial charge in [-0.05, 0) is 42.0 Å². The highest BCUT2D eigenvalue weighted by molar-refractivity contribution is 5.98. The number of hydrogen-bond donors (Lipinski definition) is 1. The zero-order valence-electron chi connectivity index (χ0n) is 14.0. The largest absolute Gasteiger partial charge is 0.358 e. The highest BCUT2D eigenvalue weighted by atomic mass is 19.1.